The van der Waals surface area contributed by atoms with Crippen LogP contribution in [-0.4, -0.2) is 17.5 Å². The molecule has 1 heterocycles. The molecule has 0 saturated carbocycles. The number of halogens is 1. The van der Waals surface area contributed by atoms with Gasteiger partial charge < -0.3 is 10.1 Å². The number of hydrogen-bond acceptors (Lipinski definition) is 3. The van der Waals surface area contributed by atoms with Crippen molar-refractivity contribution in [3.05, 3.63) is 63.2 Å². The summed E-state index contributed by atoms with van der Waals surface area (Å²) in [6.45, 7) is 1.76. The summed E-state index contributed by atoms with van der Waals surface area (Å²) in [5.74, 6) is 0. The van der Waals surface area contributed by atoms with Crippen molar-refractivity contribution in [2.24, 2.45) is 5.16 Å². The van der Waals surface area contributed by atoms with Gasteiger partial charge in [0.2, 0.25) is 0 Å². The van der Waals surface area contributed by atoms with Crippen LogP contribution in [0.1, 0.15) is 17.5 Å². The molecule has 3 nitrogen and oxygen atoms in total. The van der Waals surface area contributed by atoms with Gasteiger partial charge in [-0.2, -0.15) is 0 Å². The molecule has 3 rings (SSSR count). The van der Waals surface area contributed by atoms with Crippen molar-refractivity contribution in [3.63, 3.8) is 0 Å². The fourth-order valence-electron chi connectivity index (χ4n) is 2.57. The van der Waals surface area contributed by atoms with Gasteiger partial charge in [0.15, 0.2) is 0 Å². The van der Waals surface area contributed by atoms with Crippen LogP contribution in [0.15, 0.2) is 53.7 Å². The molecule has 4 heteroatoms. The molecule has 0 bridgehead atoms. The topological polar surface area (TPSA) is 35.8 Å². The summed E-state index contributed by atoms with van der Waals surface area (Å²) in [5, 5.41) is 12.5. The number of nitrogens with zero attached hydrogens (tertiary/aromatic N) is 2. The largest absolute Gasteiger partial charge is 0.411 e. The van der Waals surface area contributed by atoms with Gasteiger partial charge in [-0.05, 0) is 46.4 Å². The first-order valence-electron chi connectivity index (χ1n) is 6.57. The molecule has 0 aromatic heterocycles. The second-order valence-electron chi connectivity index (χ2n) is 4.86. The second kappa shape index (κ2) is 5.83. The fourth-order valence-corrected chi connectivity index (χ4v) is 2.93. The first-order valence-corrected chi connectivity index (χ1v) is 7.65. The normalized spacial score (nSPS) is 16.2. The smallest absolute Gasteiger partial charge is 0.0906 e. The molecule has 0 aliphatic carbocycles. The average Bonchev–Trinajstić information content (AvgIpc) is 2.50. The van der Waals surface area contributed by atoms with E-state index in [9.17, 15) is 0 Å². The Morgan fingerprint density at radius 1 is 1.10 bits per heavy atom. The van der Waals surface area contributed by atoms with E-state index >= 15 is 0 Å². The van der Waals surface area contributed by atoms with E-state index in [0.717, 1.165) is 36.5 Å². The van der Waals surface area contributed by atoms with Gasteiger partial charge in [-0.25, -0.2) is 0 Å². The highest BCUT2D eigenvalue weighted by atomic mass is 127. The Bertz CT molecular complexity index is 637. The molecule has 1 aliphatic heterocycles. The molecule has 2 aromatic rings. The van der Waals surface area contributed by atoms with Crippen molar-refractivity contribution >= 4 is 34.0 Å². The van der Waals surface area contributed by atoms with E-state index in [1.165, 1.54) is 9.13 Å². The maximum atomic E-state index is 9.11. The lowest BCUT2D eigenvalue weighted by Crippen LogP contribution is -2.31. The van der Waals surface area contributed by atoms with E-state index in [0.29, 0.717) is 0 Å². The Morgan fingerprint density at radius 2 is 1.85 bits per heavy atom. The number of benzene rings is 2. The first-order chi connectivity index (χ1) is 9.78. The quantitative estimate of drug-likeness (QED) is 0.489. The van der Waals surface area contributed by atoms with Crippen LogP contribution in [0.3, 0.4) is 0 Å². The summed E-state index contributed by atoms with van der Waals surface area (Å²) in [6.07, 6.45) is 0.776. The van der Waals surface area contributed by atoms with Crippen molar-refractivity contribution in [1.29, 1.82) is 0 Å². The van der Waals surface area contributed by atoms with Crippen LogP contribution in [0.5, 0.6) is 0 Å². The zero-order valence-corrected chi connectivity index (χ0v) is 13.1. The number of fused-ring (bicyclic) bond motifs is 1. The molecule has 1 N–H and O–H groups in total. The van der Waals surface area contributed by atoms with E-state index in [1.807, 2.05) is 18.2 Å². The molecule has 2 aromatic carbocycles. The minimum atomic E-state index is 0.776. The van der Waals surface area contributed by atoms with Gasteiger partial charge in [-0.15, -0.1) is 0 Å². The van der Waals surface area contributed by atoms with Crippen LogP contribution in [0, 0.1) is 3.57 Å². The summed E-state index contributed by atoms with van der Waals surface area (Å²) in [4.78, 5) is 2.34. The minimum absolute atomic E-state index is 0.776. The summed E-state index contributed by atoms with van der Waals surface area (Å²) in [6, 6.07) is 16.7. The summed E-state index contributed by atoms with van der Waals surface area (Å²) in [5.41, 5.74) is 4.25. The van der Waals surface area contributed by atoms with Crippen molar-refractivity contribution in [2.75, 3.05) is 11.4 Å². The van der Waals surface area contributed by atoms with Gasteiger partial charge in [-0.1, -0.05) is 35.5 Å². The van der Waals surface area contributed by atoms with Gasteiger partial charge in [0.05, 0.1) is 5.71 Å². The van der Waals surface area contributed by atoms with Crippen molar-refractivity contribution in [3.8, 4) is 0 Å². The fraction of sp³-hybridized carbons (Fsp3) is 0.188. The highest BCUT2D eigenvalue weighted by molar-refractivity contribution is 14.1. The third kappa shape index (κ3) is 2.65. The number of para-hydroxylation sites is 1. The Hall–Kier alpha value is -1.56. The van der Waals surface area contributed by atoms with Gasteiger partial charge >= 0.3 is 0 Å². The Kier molecular flexibility index (Phi) is 3.91. The lowest BCUT2D eigenvalue weighted by molar-refractivity contribution is 0.317. The summed E-state index contributed by atoms with van der Waals surface area (Å²) in [7, 11) is 0. The summed E-state index contributed by atoms with van der Waals surface area (Å²) < 4.78 is 1.25. The van der Waals surface area contributed by atoms with Crippen molar-refractivity contribution < 1.29 is 5.21 Å². The standard InChI is InChI=1S/C16H15IN2O/c17-13-7-5-12(6-8-13)11-19-10-9-15(18-20)14-3-1-2-4-16(14)19/h1-8,20H,9-11H2. The molecular weight excluding hydrogens is 363 g/mol. The number of rotatable bonds is 2. The molecule has 20 heavy (non-hydrogen) atoms. The Balaban J connectivity index is 1.90. The minimum Gasteiger partial charge on any atom is -0.411 e. The molecule has 0 atom stereocenters. The molecule has 0 fully saturated rings. The second-order valence-corrected chi connectivity index (χ2v) is 6.11. The first kappa shape index (κ1) is 13.4. The van der Waals surface area contributed by atoms with E-state index in [4.69, 9.17) is 5.21 Å². The molecule has 1 aliphatic rings. The lowest BCUT2D eigenvalue weighted by atomic mass is 9.99. The Morgan fingerprint density at radius 3 is 2.60 bits per heavy atom. The molecule has 0 radical (unpaired) electrons. The molecule has 0 spiro atoms. The maximum Gasteiger partial charge on any atom is 0.0906 e. The van der Waals surface area contributed by atoms with Gasteiger partial charge in [0.1, 0.15) is 0 Å². The van der Waals surface area contributed by atoms with Crippen molar-refractivity contribution in [2.45, 2.75) is 13.0 Å². The lowest BCUT2D eigenvalue weighted by Gasteiger charge is -2.31. The van der Waals surface area contributed by atoms with Crippen LogP contribution in [-0.2, 0) is 6.54 Å². The van der Waals surface area contributed by atoms with E-state index in [-0.39, 0.29) is 0 Å². The zero-order chi connectivity index (χ0) is 13.9. The average molecular weight is 378 g/mol. The highest BCUT2D eigenvalue weighted by Crippen LogP contribution is 2.28. The van der Waals surface area contributed by atoms with Gasteiger partial charge in [0, 0.05) is 34.3 Å². The van der Waals surface area contributed by atoms with Gasteiger partial charge in [0.25, 0.3) is 0 Å². The van der Waals surface area contributed by atoms with Crippen LogP contribution in [0.2, 0.25) is 0 Å². The number of anilines is 1. The molecule has 0 saturated heterocycles. The monoisotopic (exact) mass is 378 g/mol. The van der Waals surface area contributed by atoms with Crippen LogP contribution in [0.25, 0.3) is 0 Å². The third-order valence-corrected chi connectivity index (χ3v) is 4.30. The maximum absolute atomic E-state index is 9.11. The molecule has 0 amide bonds. The van der Waals surface area contributed by atoms with Gasteiger partial charge in [-0.3, -0.25) is 0 Å². The van der Waals surface area contributed by atoms with Crippen molar-refractivity contribution in [1.82, 2.24) is 0 Å². The molecule has 0 unspecified atom stereocenters. The van der Waals surface area contributed by atoms with E-state index in [1.54, 1.807) is 0 Å². The Labute approximate surface area is 132 Å². The van der Waals surface area contributed by atoms with E-state index in [2.05, 4.69) is 63.0 Å². The van der Waals surface area contributed by atoms with Crippen LogP contribution in [0.4, 0.5) is 5.69 Å². The summed E-state index contributed by atoms with van der Waals surface area (Å²) >= 11 is 2.32. The van der Waals surface area contributed by atoms with E-state index < -0.39 is 0 Å². The third-order valence-electron chi connectivity index (χ3n) is 3.58. The SMILES string of the molecule is ON=C1CCN(Cc2ccc(I)cc2)c2ccccc21. The molecule has 102 valence electrons. The highest BCUT2D eigenvalue weighted by Gasteiger charge is 2.21. The predicted octanol–water partition coefficient (Wildman–Crippen LogP) is 3.88. The molecular formula is C16H15IN2O. The number of hydrogen-bond donors (Lipinski definition) is 1. The number of oxime groups is 1. The van der Waals surface area contributed by atoms with Crippen LogP contribution < -0.4 is 4.90 Å². The zero-order valence-electron chi connectivity index (χ0n) is 11.0. The predicted molar refractivity (Wildman–Crippen MR) is 89.6 cm³/mol. The van der Waals surface area contributed by atoms with Crippen LogP contribution >= 0.6 is 22.6 Å².